The van der Waals surface area contributed by atoms with E-state index in [4.69, 9.17) is 4.74 Å². The quantitative estimate of drug-likeness (QED) is 0.785. The maximum atomic E-state index is 11.7. The van der Waals surface area contributed by atoms with Crippen LogP contribution in [0.3, 0.4) is 0 Å². The summed E-state index contributed by atoms with van der Waals surface area (Å²) >= 11 is 0. The summed E-state index contributed by atoms with van der Waals surface area (Å²) in [4.78, 5) is 23.3. The Hall–Kier alpha value is -1.62. The van der Waals surface area contributed by atoms with Crippen molar-refractivity contribution < 1.29 is 14.3 Å². The molecule has 0 unspecified atom stereocenters. The fourth-order valence-electron chi connectivity index (χ4n) is 2.24. The molecule has 0 spiro atoms. The molecule has 0 aromatic carbocycles. The van der Waals surface area contributed by atoms with E-state index in [-0.39, 0.29) is 18.2 Å². The number of methoxy groups -OCH3 is 1. The molecule has 0 bridgehead atoms. The maximum absolute atomic E-state index is 11.7. The molecule has 1 aromatic heterocycles. The molecule has 0 aliphatic heterocycles. The SMILES string of the molecule is COCCNC(=O)Cn1ccc2c1CCCC2=O. The number of rotatable bonds is 5. The van der Waals surface area contributed by atoms with Crippen LogP contribution in [-0.4, -0.2) is 36.5 Å². The predicted octanol–water partition coefficient (Wildman–Crippen LogP) is 0.770. The standard InChI is InChI=1S/C13H18N2O3/c1-18-8-6-14-13(17)9-15-7-5-10-11(15)3-2-4-12(10)16/h5,7H,2-4,6,8-9H2,1H3,(H,14,17). The van der Waals surface area contributed by atoms with Crippen molar-refractivity contribution in [1.82, 2.24) is 9.88 Å². The van der Waals surface area contributed by atoms with Gasteiger partial charge in [-0.1, -0.05) is 0 Å². The van der Waals surface area contributed by atoms with E-state index < -0.39 is 0 Å². The van der Waals surface area contributed by atoms with Crippen LogP contribution in [0, 0.1) is 0 Å². The van der Waals surface area contributed by atoms with Crippen molar-refractivity contribution in [2.75, 3.05) is 20.3 Å². The van der Waals surface area contributed by atoms with E-state index in [0.717, 1.165) is 24.1 Å². The minimum Gasteiger partial charge on any atom is -0.383 e. The van der Waals surface area contributed by atoms with Crippen LogP contribution in [0.15, 0.2) is 12.3 Å². The molecule has 1 aromatic rings. The number of carbonyl (C=O) groups is 2. The first-order valence-electron chi connectivity index (χ1n) is 6.19. The van der Waals surface area contributed by atoms with Crippen LogP contribution in [0.1, 0.15) is 28.9 Å². The Labute approximate surface area is 106 Å². The van der Waals surface area contributed by atoms with Crippen LogP contribution >= 0.6 is 0 Å². The fraction of sp³-hybridized carbons (Fsp3) is 0.538. The Kier molecular flexibility index (Phi) is 4.15. The summed E-state index contributed by atoms with van der Waals surface area (Å²) in [6.07, 6.45) is 4.20. The highest BCUT2D eigenvalue weighted by Crippen LogP contribution is 2.22. The lowest BCUT2D eigenvalue weighted by molar-refractivity contribution is -0.121. The third kappa shape index (κ3) is 2.79. The third-order valence-electron chi connectivity index (χ3n) is 3.14. The second-order valence-electron chi connectivity index (χ2n) is 4.42. The normalized spacial score (nSPS) is 14.4. The van der Waals surface area contributed by atoms with Gasteiger partial charge < -0.3 is 14.6 Å². The molecular weight excluding hydrogens is 232 g/mol. The zero-order valence-electron chi connectivity index (χ0n) is 10.6. The van der Waals surface area contributed by atoms with E-state index in [2.05, 4.69) is 5.32 Å². The first-order valence-corrected chi connectivity index (χ1v) is 6.19. The topological polar surface area (TPSA) is 60.3 Å². The van der Waals surface area contributed by atoms with E-state index in [9.17, 15) is 9.59 Å². The molecule has 0 saturated heterocycles. The summed E-state index contributed by atoms with van der Waals surface area (Å²) in [5, 5.41) is 2.77. The van der Waals surface area contributed by atoms with Gasteiger partial charge in [0.2, 0.25) is 5.91 Å². The summed E-state index contributed by atoms with van der Waals surface area (Å²) in [6.45, 7) is 1.29. The van der Waals surface area contributed by atoms with Gasteiger partial charge in [-0.2, -0.15) is 0 Å². The summed E-state index contributed by atoms with van der Waals surface area (Å²) < 4.78 is 6.74. The number of nitrogens with zero attached hydrogens (tertiary/aromatic N) is 1. The first kappa shape index (κ1) is 12.8. The van der Waals surface area contributed by atoms with E-state index in [1.54, 1.807) is 7.11 Å². The average molecular weight is 250 g/mol. The molecule has 1 aliphatic rings. The van der Waals surface area contributed by atoms with Crippen LogP contribution in [0.2, 0.25) is 0 Å². The highest BCUT2D eigenvalue weighted by molar-refractivity contribution is 5.98. The molecular formula is C13H18N2O3. The summed E-state index contributed by atoms with van der Waals surface area (Å²) in [5.74, 6) is 0.137. The van der Waals surface area contributed by atoms with Gasteiger partial charge in [0, 0.05) is 37.5 Å². The average Bonchev–Trinajstić information content (AvgIpc) is 2.74. The van der Waals surface area contributed by atoms with Crippen molar-refractivity contribution in [3.8, 4) is 0 Å². The number of fused-ring (bicyclic) bond motifs is 1. The van der Waals surface area contributed by atoms with Crippen molar-refractivity contribution in [3.63, 3.8) is 0 Å². The Balaban J connectivity index is 1.98. The Morgan fingerprint density at radius 3 is 3.11 bits per heavy atom. The molecule has 98 valence electrons. The number of hydrogen-bond donors (Lipinski definition) is 1. The monoisotopic (exact) mass is 250 g/mol. The molecule has 1 amide bonds. The van der Waals surface area contributed by atoms with Gasteiger partial charge in [0.05, 0.1) is 6.61 Å². The molecule has 2 rings (SSSR count). The van der Waals surface area contributed by atoms with Gasteiger partial charge in [-0.3, -0.25) is 9.59 Å². The largest absolute Gasteiger partial charge is 0.383 e. The lowest BCUT2D eigenvalue weighted by Crippen LogP contribution is -2.31. The number of ketones is 1. The number of aromatic nitrogens is 1. The smallest absolute Gasteiger partial charge is 0.240 e. The van der Waals surface area contributed by atoms with Crippen LogP contribution in [0.5, 0.6) is 0 Å². The van der Waals surface area contributed by atoms with Gasteiger partial charge in [-0.05, 0) is 18.9 Å². The van der Waals surface area contributed by atoms with Gasteiger partial charge in [0.15, 0.2) is 5.78 Å². The first-order chi connectivity index (χ1) is 8.72. The minimum absolute atomic E-state index is 0.0523. The Bertz CT molecular complexity index is 451. The van der Waals surface area contributed by atoms with Crippen molar-refractivity contribution in [2.45, 2.75) is 25.8 Å². The van der Waals surface area contributed by atoms with Crippen molar-refractivity contribution in [3.05, 3.63) is 23.5 Å². The number of Topliss-reactive ketones (excluding diaryl/α,β-unsaturated/α-hetero) is 1. The number of hydrogen-bond acceptors (Lipinski definition) is 3. The van der Waals surface area contributed by atoms with Crippen molar-refractivity contribution in [1.29, 1.82) is 0 Å². The molecule has 1 aliphatic carbocycles. The Morgan fingerprint density at radius 2 is 2.33 bits per heavy atom. The van der Waals surface area contributed by atoms with Crippen LogP contribution < -0.4 is 5.32 Å². The highest BCUT2D eigenvalue weighted by Gasteiger charge is 2.21. The van der Waals surface area contributed by atoms with Gasteiger partial charge in [-0.15, -0.1) is 0 Å². The van der Waals surface area contributed by atoms with E-state index in [1.165, 1.54) is 0 Å². The highest BCUT2D eigenvalue weighted by atomic mass is 16.5. The number of amides is 1. The van der Waals surface area contributed by atoms with E-state index in [0.29, 0.717) is 19.6 Å². The molecule has 0 atom stereocenters. The fourth-order valence-corrected chi connectivity index (χ4v) is 2.24. The van der Waals surface area contributed by atoms with E-state index >= 15 is 0 Å². The molecule has 5 nitrogen and oxygen atoms in total. The minimum atomic E-state index is -0.0523. The molecule has 5 heteroatoms. The number of nitrogens with one attached hydrogen (secondary N) is 1. The summed E-state index contributed by atoms with van der Waals surface area (Å²) in [7, 11) is 1.60. The molecule has 1 N–H and O–H groups in total. The molecule has 1 heterocycles. The predicted molar refractivity (Wildman–Crippen MR) is 66.6 cm³/mol. The summed E-state index contributed by atoms with van der Waals surface area (Å²) in [6, 6.07) is 1.82. The van der Waals surface area contributed by atoms with Crippen LogP contribution in [-0.2, 0) is 22.5 Å². The lowest BCUT2D eigenvalue weighted by atomic mass is 9.97. The molecule has 0 fully saturated rings. The van der Waals surface area contributed by atoms with Gasteiger partial charge in [0.25, 0.3) is 0 Å². The van der Waals surface area contributed by atoms with Crippen LogP contribution in [0.4, 0.5) is 0 Å². The van der Waals surface area contributed by atoms with Crippen LogP contribution in [0.25, 0.3) is 0 Å². The zero-order valence-corrected chi connectivity index (χ0v) is 10.6. The number of ether oxygens (including phenoxy) is 1. The van der Waals surface area contributed by atoms with Gasteiger partial charge in [-0.25, -0.2) is 0 Å². The third-order valence-corrected chi connectivity index (χ3v) is 3.14. The van der Waals surface area contributed by atoms with Gasteiger partial charge in [0.1, 0.15) is 6.54 Å². The molecule has 0 saturated carbocycles. The molecule has 18 heavy (non-hydrogen) atoms. The maximum Gasteiger partial charge on any atom is 0.240 e. The summed E-state index contributed by atoms with van der Waals surface area (Å²) in [5.41, 5.74) is 1.78. The van der Waals surface area contributed by atoms with Crippen molar-refractivity contribution in [2.24, 2.45) is 0 Å². The van der Waals surface area contributed by atoms with Crippen molar-refractivity contribution >= 4 is 11.7 Å². The van der Waals surface area contributed by atoms with E-state index in [1.807, 2.05) is 16.8 Å². The molecule has 0 radical (unpaired) electrons. The number of carbonyl (C=O) groups excluding carboxylic acids is 2. The zero-order chi connectivity index (χ0) is 13.0. The second kappa shape index (κ2) is 5.82. The second-order valence-corrected chi connectivity index (χ2v) is 4.42. The lowest BCUT2D eigenvalue weighted by Gasteiger charge is -2.14. The van der Waals surface area contributed by atoms with Gasteiger partial charge >= 0.3 is 0 Å². The Morgan fingerprint density at radius 1 is 1.50 bits per heavy atom.